The Balaban J connectivity index is 1.40. The number of rotatable bonds is 10. The lowest BCUT2D eigenvalue weighted by atomic mass is 9.95. The summed E-state index contributed by atoms with van der Waals surface area (Å²) in [6.07, 6.45) is 5.97. The van der Waals surface area contributed by atoms with Crippen molar-refractivity contribution in [3.05, 3.63) is 126 Å². The lowest BCUT2D eigenvalue weighted by molar-refractivity contribution is 0.333. The molecule has 0 aliphatic rings. The Bertz CT molecular complexity index is 1710. The molecule has 0 radical (unpaired) electrons. The third kappa shape index (κ3) is 5.90. The van der Waals surface area contributed by atoms with Crippen molar-refractivity contribution in [1.29, 1.82) is 0 Å². The van der Waals surface area contributed by atoms with Crippen molar-refractivity contribution < 1.29 is 22.3 Å². The molecule has 5 rings (SSSR count). The molecule has 5 aromatic carbocycles. The number of fused-ring (bicyclic) bond motifs is 1. The molecule has 41 heavy (non-hydrogen) atoms. The molecule has 1 nitrogen and oxygen atoms in total. The summed E-state index contributed by atoms with van der Waals surface area (Å²) in [6, 6.07) is 24.0. The first-order valence-electron chi connectivity index (χ1n) is 13.7. The van der Waals surface area contributed by atoms with Crippen LogP contribution in [0.5, 0.6) is 5.75 Å². The maximum absolute atomic E-state index is 15.4. The number of halogens is 4. The Morgan fingerprint density at radius 2 is 1.15 bits per heavy atom. The molecule has 0 atom stereocenters. The van der Waals surface area contributed by atoms with E-state index in [1.807, 2.05) is 24.3 Å². The SMILES string of the molecule is C=CCOc1ccc(-c2ccc(-c3ccc(-c4ccc5cc(CCCCC)ccc5c4)c(F)c3F)cc2)c(F)c1F. The first-order valence-corrected chi connectivity index (χ1v) is 13.7. The lowest BCUT2D eigenvalue weighted by Gasteiger charge is -2.12. The van der Waals surface area contributed by atoms with E-state index in [0.29, 0.717) is 16.7 Å². The van der Waals surface area contributed by atoms with Gasteiger partial charge in [0, 0.05) is 16.7 Å². The predicted molar refractivity (Wildman–Crippen MR) is 159 cm³/mol. The fourth-order valence-electron chi connectivity index (χ4n) is 5.04. The number of hydrogen-bond acceptors (Lipinski definition) is 1. The van der Waals surface area contributed by atoms with E-state index >= 15 is 8.78 Å². The van der Waals surface area contributed by atoms with Crippen molar-refractivity contribution in [1.82, 2.24) is 0 Å². The van der Waals surface area contributed by atoms with E-state index in [0.717, 1.165) is 23.6 Å². The molecule has 0 N–H and O–H groups in total. The zero-order chi connectivity index (χ0) is 28.9. The minimum absolute atomic E-state index is 0.0337. The van der Waals surface area contributed by atoms with Gasteiger partial charge in [-0.15, -0.1) is 0 Å². The summed E-state index contributed by atoms with van der Waals surface area (Å²) in [5, 5.41) is 2.03. The molecule has 0 aliphatic carbocycles. The van der Waals surface area contributed by atoms with E-state index < -0.39 is 23.3 Å². The molecule has 0 bridgehead atoms. The van der Waals surface area contributed by atoms with Gasteiger partial charge >= 0.3 is 0 Å². The van der Waals surface area contributed by atoms with Crippen molar-refractivity contribution in [2.75, 3.05) is 6.61 Å². The number of aryl methyl sites for hydroxylation is 1. The Morgan fingerprint density at radius 3 is 1.78 bits per heavy atom. The van der Waals surface area contributed by atoms with Crippen LogP contribution in [0.2, 0.25) is 0 Å². The van der Waals surface area contributed by atoms with Crippen molar-refractivity contribution in [2.45, 2.75) is 32.6 Å². The van der Waals surface area contributed by atoms with Crippen LogP contribution in [0.1, 0.15) is 31.7 Å². The number of hydrogen-bond donors (Lipinski definition) is 0. The molecular weight excluding hydrogens is 524 g/mol. The molecular formula is C36H30F4O. The number of unbranched alkanes of at least 4 members (excludes halogenated alkanes) is 2. The molecule has 5 heteroatoms. The Kier molecular flexibility index (Phi) is 8.53. The number of benzene rings is 5. The van der Waals surface area contributed by atoms with Crippen LogP contribution in [-0.4, -0.2) is 6.61 Å². The predicted octanol–water partition coefficient (Wildman–Crippen LogP) is 10.7. The molecule has 0 amide bonds. The second-order valence-corrected chi connectivity index (χ2v) is 10.1. The van der Waals surface area contributed by atoms with Gasteiger partial charge in [-0.1, -0.05) is 99.2 Å². The van der Waals surface area contributed by atoms with E-state index in [9.17, 15) is 8.78 Å². The quantitative estimate of drug-likeness (QED) is 0.0948. The molecule has 0 aromatic heterocycles. The Labute approximate surface area is 237 Å². The monoisotopic (exact) mass is 554 g/mol. The molecule has 0 aliphatic heterocycles. The standard InChI is InChI=1S/C36H30F4O/c1-3-5-6-7-23-8-9-27-22-28(15-14-26(27)21-23)31-17-16-29(33(37)34(31)38)24-10-12-25(13-11-24)30-18-19-32(41-20-4-2)36(40)35(30)39/h4,8-19,21-22H,2-3,5-7,20H2,1H3. The van der Waals surface area contributed by atoms with Crippen LogP contribution in [0, 0.1) is 23.3 Å². The van der Waals surface area contributed by atoms with Gasteiger partial charge in [-0.05, 0) is 64.1 Å². The minimum atomic E-state index is -1.10. The highest BCUT2D eigenvalue weighted by Gasteiger charge is 2.18. The summed E-state index contributed by atoms with van der Waals surface area (Å²) < 4.78 is 65.0. The highest BCUT2D eigenvalue weighted by Crippen LogP contribution is 2.35. The second-order valence-electron chi connectivity index (χ2n) is 10.1. The van der Waals surface area contributed by atoms with Gasteiger partial charge in [0.05, 0.1) is 0 Å². The third-order valence-electron chi connectivity index (χ3n) is 7.28. The Morgan fingerprint density at radius 1 is 0.610 bits per heavy atom. The van der Waals surface area contributed by atoms with Gasteiger partial charge in [0.2, 0.25) is 5.82 Å². The summed E-state index contributed by atoms with van der Waals surface area (Å²) in [4.78, 5) is 0. The molecule has 0 spiro atoms. The highest BCUT2D eigenvalue weighted by atomic mass is 19.2. The maximum atomic E-state index is 15.4. The molecule has 0 fully saturated rings. The summed E-state index contributed by atoms with van der Waals surface area (Å²) in [7, 11) is 0. The van der Waals surface area contributed by atoms with E-state index in [1.54, 1.807) is 30.3 Å². The molecule has 208 valence electrons. The van der Waals surface area contributed by atoms with Crippen molar-refractivity contribution in [3.63, 3.8) is 0 Å². The van der Waals surface area contributed by atoms with Crippen LogP contribution in [-0.2, 0) is 6.42 Å². The van der Waals surface area contributed by atoms with Crippen molar-refractivity contribution in [2.24, 2.45) is 0 Å². The average Bonchev–Trinajstić information content (AvgIpc) is 2.99. The lowest BCUT2D eigenvalue weighted by Crippen LogP contribution is -1.99. The average molecular weight is 555 g/mol. The van der Waals surface area contributed by atoms with Gasteiger partial charge in [0.15, 0.2) is 23.2 Å². The van der Waals surface area contributed by atoms with Crippen molar-refractivity contribution >= 4 is 10.8 Å². The van der Waals surface area contributed by atoms with E-state index in [4.69, 9.17) is 4.74 Å². The third-order valence-corrected chi connectivity index (χ3v) is 7.28. The summed E-state index contributed by atoms with van der Waals surface area (Å²) in [6.45, 7) is 5.72. The zero-order valence-electron chi connectivity index (χ0n) is 22.8. The van der Waals surface area contributed by atoms with E-state index in [-0.39, 0.29) is 29.0 Å². The summed E-state index contributed by atoms with van der Waals surface area (Å²) in [5.41, 5.74) is 2.95. The first kappa shape index (κ1) is 28.2. The smallest absolute Gasteiger partial charge is 0.201 e. The fourth-order valence-corrected chi connectivity index (χ4v) is 5.04. The molecule has 0 unspecified atom stereocenters. The van der Waals surface area contributed by atoms with Gasteiger partial charge < -0.3 is 4.74 Å². The van der Waals surface area contributed by atoms with Gasteiger partial charge in [-0.2, -0.15) is 4.39 Å². The number of ether oxygens (including phenoxy) is 1. The molecule has 0 saturated carbocycles. The summed E-state index contributed by atoms with van der Waals surface area (Å²) >= 11 is 0. The van der Waals surface area contributed by atoms with Crippen LogP contribution < -0.4 is 4.74 Å². The van der Waals surface area contributed by atoms with Gasteiger partial charge in [0.1, 0.15) is 6.61 Å². The molecule has 0 saturated heterocycles. The largest absolute Gasteiger partial charge is 0.486 e. The van der Waals surface area contributed by atoms with Crippen LogP contribution >= 0.6 is 0 Å². The fraction of sp³-hybridized carbons (Fsp3) is 0.167. The Hall–Kier alpha value is -4.38. The maximum Gasteiger partial charge on any atom is 0.201 e. The molecule has 0 heterocycles. The molecule has 5 aromatic rings. The first-order chi connectivity index (χ1) is 19.9. The van der Waals surface area contributed by atoms with Gasteiger partial charge in [-0.25, -0.2) is 13.2 Å². The zero-order valence-corrected chi connectivity index (χ0v) is 22.8. The second kappa shape index (κ2) is 12.4. The van der Waals surface area contributed by atoms with E-state index in [2.05, 4.69) is 25.6 Å². The normalized spacial score (nSPS) is 11.1. The van der Waals surface area contributed by atoms with Crippen LogP contribution in [0.15, 0.2) is 97.6 Å². The van der Waals surface area contributed by atoms with Crippen LogP contribution in [0.25, 0.3) is 44.2 Å². The summed E-state index contributed by atoms with van der Waals surface area (Å²) in [5.74, 6) is -4.27. The minimum Gasteiger partial charge on any atom is -0.486 e. The van der Waals surface area contributed by atoms with Crippen molar-refractivity contribution in [3.8, 4) is 39.1 Å². The van der Waals surface area contributed by atoms with Gasteiger partial charge in [-0.3, -0.25) is 0 Å². The van der Waals surface area contributed by atoms with Crippen LogP contribution in [0.3, 0.4) is 0 Å². The van der Waals surface area contributed by atoms with Crippen LogP contribution in [0.4, 0.5) is 17.6 Å². The topological polar surface area (TPSA) is 9.23 Å². The highest BCUT2D eigenvalue weighted by molar-refractivity contribution is 5.88. The van der Waals surface area contributed by atoms with E-state index in [1.165, 1.54) is 42.7 Å². The van der Waals surface area contributed by atoms with Gasteiger partial charge in [0.25, 0.3) is 0 Å².